The number of thiophene rings is 1. The van der Waals surface area contributed by atoms with Gasteiger partial charge in [-0.25, -0.2) is 0 Å². The number of rotatable bonds is 9. The lowest BCUT2D eigenvalue weighted by Gasteiger charge is -2.15. The van der Waals surface area contributed by atoms with Gasteiger partial charge in [0.2, 0.25) is 5.91 Å². The lowest BCUT2D eigenvalue weighted by Crippen LogP contribution is -2.45. The fraction of sp³-hybridized carbons (Fsp3) is 0.103. The van der Waals surface area contributed by atoms with E-state index in [9.17, 15) is 9.59 Å². The molecule has 0 aliphatic carbocycles. The second-order valence-corrected chi connectivity index (χ2v) is 9.67. The highest BCUT2D eigenvalue weighted by molar-refractivity contribution is 7.17. The third-order valence-electron chi connectivity index (χ3n) is 5.93. The topological polar surface area (TPSA) is 103 Å². The highest BCUT2D eigenvalue weighted by Gasteiger charge is 2.22. The van der Waals surface area contributed by atoms with Gasteiger partial charge in [-0.15, -0.1) is 11.3 Å². The fourth-order valence-electron chi connectivity index (χ4n) is 4.05. The van der Waals surface area contributed by atoms with Crippen LogP contribution in [0.4, 0.5) is 0 Å². The summed E-state index contributed by atoms with van der Waals surface area (Å²) in [5.74, 6) is -0.909. The Balaban J connectivity index is 1.41. The summed E-state index contributed by atoms with van der Waals surface area (Å²) in [4.78, 5) is 30.7. The minimum atomic E-state index is -0.804. The summed E-state index contributed by atoms with van der Waals surface area (Å²) in [6.07, 6.45) is 3.84. The Morgan fingerprint density at radius 2 is 1.65 bits per heavy atom. The van der Waals surface area contributed by atoms with E-state index in [2.05, 4.69) is 22.4 Å². The Hall–Kier alpha value is -4.56. The molecule has 3 heterocycles. The molecule has 0 bridgehead atoms. The molecule has 7 nitrogen and oxygen atoms in total. The molecule has 0 spiro atoms. The highest BCUT2D eigenvalue weighted by atomic mass is 32.1. The Morgan fingerprint density at radius 3 is 2.32 bits per heavy atom. The number of aromatic nitrogens is 3. The van der Waals surface area contributed by atoms with Gasteiger partial charge in [0.25, 0.3) is 5.91 Å². The number of carbonyl (C=O) groups excluding carboxylic acids is 2. The molecule has 0 saturated carbocycles. The molecule has 0 unspecified atom stereocenters. The third-order valence-corrected chi connectivity index (χ3v) is 7.03. The van der Waals surface area contributed by atoms with Gasteiger partial charge in [-0.1, -0.05) is 60.7 Å². The molecule has 0 aliphatic heterocycles. The predicted octanol–water partition coefficient (Wildman–Crippen LogP) is 4.55. The summed E-state index contributed by atoms with van der Waals surface area (Å²) in [6.45, 7) is 0.580. The number of benzene rings is 2. The number of hydrogen-bond donors (Lipinski definition) is 2. The molecule has 1 atom stereocenters. The van der Waals surface area contributed by atoms with E-state index in [0.717, 1.165) is 33.0 Å². The zero-order chi connectivity index (χ0) is 25.6. The van der Waals surface area contributed by atoms with Crippen molar-refractivity contribution in [3.8, 4) is 21.8 Å². The van der Waals surface area contributed by atoms with Crippen LogP contribution in [0.15, 0.2) is 103 Å². The molecule has 3 aromatic heterocycles. The Bertz CT molecular complexity index is 1500. The van der Waals surface area contributed by atoms with Crippen molar-refractivity contribution in [3.05, 3.63) is 119 Å². The van der Waals surface area contributed by atoms with E-state index in [1.54, 1.807) is 18.5 Å². The van der Waals surface area contributed by atoms with Crippen molar-refractivity contribution in [3.63, 3.8) is 0 Å². The number of nitrogens with one attached hydrogen (secondary N) is 1. The molecule has 0 aliphatic rings. The standard InChI is InChI=1S/C29H25N5O2S/c30-28(35)24(16-20-8-3-1-4-9-20)32-29(36)27-14-13-26(37-27)25-17-23(22-12-7-15-31-18-22)33-34(25)19-21-10-5-2-6-11-21/h1-15,17-18,24H,16,19H2,(H2,30,35)(H,32,36)/t24-/m0/s1. The smallest absolute Gasteiger partial charge is 0.262 e. The van der Waals surface area contributed by atoms with Crippen LogP contribution in [-0.2, 0) is 17.8 Å². The molecule has 5 rings (SSSR count). The normalized spacial score (nSPS) is 11.7. The van der Waals surface area contributed by atoms with Gasteiger partial charge in [0.1, 0.15) is 6.04 Å². The van der Waals surface area contributed by atoms with Crippen LogP contribution in [-0.4, -0.2) is 32.6 Å². The maximum absolute atomic E-state index is 13.1. The maximum Gasteiger partial charge on any atom is 0.262 e. The number of nitrogens with two attached hydrogens (primary N) is 1. The summed E-state index contributed by atoms with van der Waals surface area (Å²) >= 11 is 1.35. The summed E-state index contributed by atoms with van der Waals surface area (Å²) in [6, 6.07) is 28.3. The first-order chi connectivity index (χ1) is 18.1. The lowest BCUT2D eigenvalue weighted by molar-refractivity contribution is -0.119. The number of pyridine rings is 1. The summed E-state index contributed by atoms with van der Waals surface area (Å²) in [7, 11) is 0. The molecular weight excluding hydrogens is 482 g/mol. The molecule has 8 heteroatoms. The average molecular weight is 508 g/mol. The molecule has 184 valence electrons. The summed E-state index contributed by atoms with van der Waals surface area (Å²) < 4.78 is 1.94. The first kappa shape index (κ1) is 24.1. The molecule has 2 aromatic carbocycles. The Kier molecular flexibility index (Phi) is 7.19. The van der Waals surface area contributed by atoms with E-state index in [1.165, 1.54) is 11.3 Å². The molecule has 2 amide bonds. The van der Waals surface area contributed by atoms with Crippen molar-refractivity contribution in [2.45, 2.75) is 19.0 Å². The van der Waals surface area contributed by atoms with Gasteiger partial charge < -0.3 is 11.1 Å². The van der Waals surface area contributed by atoms with Crippen LogP contribution in [0.3, 0.4) is 0 Å². The van der Waals surface area contributed by atoms with Crippen LogP contribution in [0.2, 0.25) is 0 Å². The summed E-state index contributed by atoms with van der Waals surface area (Å²) in [5.41, 5.74) is 10.2. The Labute approximate surface area is 218 Å². The van der Waals surface area contributed by atoms with Crippen molar-refractivity contribution in [2.24, 2.45) is 5.73 Å². The van der Waals surface area contributed by atoms with Crippen LogP contribution in [0.1, 0.15) is 20.8 Å². The van der Waals surface area contributed by atoms with Crippen LogP contribution >= 0.6 is 11.3 Å². The average Bonchev–Trinajstić information content (AvgIpc) is 3.58. The SMILES string of the molecule is NC(=O)[C@H](Cc1ccccc1)NC(=O)c1ccc(-c2cc(-c3cccnc3)nn2Cc2ccccc2)s1. The monoisotopic (exact) mass is 507 g/mol. The quantitative estimate of drug-likeness (QED) is 0.306. The second kappa shape index (κ2) is 11.0. The number of amides is 2. The maximum atomic E-state index is 13.1. The largest absolute Gasteiger partial charge is 0.368 e. The minimum absolute atomic E-state index is 0.332. The Morgan fingerprint density at radius 1 is 0.919 bits per heavy atom. The van der Waals surface area contributed by atoms with Gasteiger partial charge in [-0.2, -0.15) is 5.10 Å². The molecule has 0 radical (unpaired) electrons. The third kappa shape index (κ3) is 5.82. The van der Waals surface area contributed by atoms with Gasteiger partial charge in [0.05, 0.1) is 27.7 Å². The van der Waals surface area contributed by atoms with Crippen molar-refractivity contribution < 1.29 is 9.59 Å². The minimum Gasteiger partial charge on any atom is -0.368 e. The first-order valence-corrected chi connectivity index (χ1v) is 12.6. The second-order valence-electron chi connectivity index (χ2n) is 8.58. The molecule has 3 N–H and O–H groups in total. The van der Waals surface area contributed by atoms with Gasteiger partial charge in [0.15, 0.2) is 0 Å². The summed E-state index contributed by atoms with van der Waals surface area (Å²) in [5, 5.41) is 7.64. The van der Waals surface area contributed by atoms with E-state index in [4.69, 9.17) is 10.8 Å². The zero-order valence-corrected chi connectivity index (χ0v) is 20.8. The number of hydrogen-bond acceptors (Lipinski definition) is 5. The highest BCUT2D eigenvalue weighted by Crippen LogP contribution is 2.32. The van der Waals surface area contributed by atoms with E-state index >= 15 is 0 Å². The van der Waals surface area contributed by atoms with Gasteiger partial charge >= 0.3 is 0 Å². The van der Waals surface area contributed by atoms with Crippen LogP contribution < -0.4 is 11.1 Å². The van der Waals surface area contributed by atoms with E-state index < -0.39 is 11.9 Å². The number of primary amides is 1. The van der Waals surface area contributed by atoms with E-state index in [1.807, 2.05) is 77.5 Å². The van der Waals surface area contributed by atoms with Crippen molar-refractivity contribution >= 4 is 23.2 Å². The molecule has 5 aromatic rings. The molecule has 37 heavy (non-hydrogen) atoms. The van der Waals surface area contributed by atoms with Crippen LogP contribution in [0, 0.1) is 0 Å². The van der Waals surface area contributed by atoms with Crippen molar-refractivity contribution in [1.82, 2.24) is 20.1 Å². The van der Waals surface area contributed by atoms with Crippen LogP contribution in [0.5, 0.6) is 0 Å². The predicted molar refractivity (Wildman–Crippen MR) is 145 cm³/mol. The molecular formula is C29H25N5O2S. The van der Waals surface area contributed by atoms with Gasteiger partial charge in [-0.05, 0) is 41.5 Å². The lowest BCUT2D eigenvalue weighted by atomic mass is 10.1. The van der Waals surface area contributed by atoms with Crippen molar-refractivity contribution in [1.29, 1.82) is 0 Å². The molecule has 0 saturated heterocycles. The number of nitrogens with zero attached hydrogens (tertiary/aromatic N) is 3. The van der Waals surface area contributed by atoms with Gasteiger partial charge in [-0.3, -0.25) is 19.3 Å². The van der Waals surface area contributed by atoms with E-state index in [0.29, 0.717) is 17.8 Å². The fourth-order valence-corrected chi connectivity index (χ4v) is 4.98. The molecule has 0 fully saturated rings. The van der Waals surface area contributed by atoms with Gasteiger partial charge in [0, 0.05) is 24.4 Å². The number of carbonyl (C=O) groups is 2. The van der Waals surface area contributed by atoms with Crippen molar-refractivity contribution in [2.75, 3.05) is 0 Å². The van der Waals surface area contributed by atoms with Crippen LogP contribution in [0.25, 0.3) is 21.8 Å². The van der Waals surface area contributed by atoms with E-state index in [-0.39, 0.29) is 5.91 Å². The zero-order valence-electron chi connectivity index (χ0n) is 20.0. The first-order valence-electron chi connectivity index (χ1n) is 11.8.